The molecule has 1 aromatic rings. The van der Waals surface area contributed by atoms with Gasteiger partial charge >= 0.3 is 0 Å². The number of methoxy groups -OCH3 is 1. The zero-order valence-corrected chi connectivity index (χ0v) is 11.5. The highest BCUT2D eigenvalue weighted by Gasteiger charge is 2.18. The topological polar surface area (TPSA) is 80.3 Å². The van der Waals surface area contributed by atoms with Gasteiger partial charge in [0.1, 0.15) is 10.7 Å². The van der Waals surface area contributed by atoms with Crippen LogP contribution in [0.3, 0.4) is 0 Å². The predicted molar refractivity (Wildman–Crippen MR) is 70.1 cm³/mol. The second kappa shape index (κ2) is 7.30. The van der Waals surface area contributed by atoms with Gasteiger partial charge in [-0.15, -0.1) is 0 Å². The maximum absolute atomic E-state index is 12.1. The first-order chi connectivity index (χ1) is 8.61. The first-order valence-electron chi connectivity index (χ1n) is 5.79. The van der Waals surface area contributed by atoms with Crippen molar-refractivity contribution in [3.63, 3.8) is 0 Å². The third kappa shape index (κ3) is 4.25. The van der Waals surface area contributed by atoms with Crippen LogP contribution in [0.4, 0.5) is 5.82 Å². The molecule has 102 valence electrons. The largest absolute Gasteiger partial charge is 0.385 e. The van der Waals surface area contributed by atoms with E-state index in [0.717, 1.165) is 0 Å². The van der Waals surface area contributed by atoms with E-state index in [4.69, 9.17) is 4.74 Å². The van der Waals surface area contributed by atoms with Gasteiger partial charge in [-0.3, -0.25) is 0 Å². The van der Waals surface area contributed by atoms with Crippen LogP contribution in [0.25, 0.3) is 0 Å². The average molecular weight is 273 g/mol. The van der Waals surface area contributed by atoms with Gasteiger partial charge < -0.3 is 10.1 Å². The summed E-state index contributed by atoms with van der Waals surface area (Å²) in [4.78, 5) is 4.19. The molecule has 0 unspecified atom stereocenters. The van der Waals surface area contributed by atoms with Crippen LogP contribution in [0.5, 0.6) is 0 Å². The van der Waals surface area contributed by atoms with Crippen molar-refractivity contribution >= 4 is 15.8 Å². The molecule has 1 heterocycles. The number of hydrogen-bond donors (Lipinski definition) is 2. The summed E-state index contributed by atoms with van der Waals surface area (Å²) in [6.45, 7) is 3.37. The van der Waals surface area contributed by atoms with Crippen LogP contribution in [-0.4, -0.2) is 40.2 Å². The molecule has 0 aromatic carbocycles. The first kappa shape index (κ1) is 14.9. The fraction of sp³-hybridized carbons (Fsp3) is 0.545. The van der Waals surface area contributed by atoms with Gasteiger partial charge in [0.05, 0.1) is 0 Å². The Morgan fingerprint density at radius 2 is 2.22 bits per heavy atom. The summed E-state index contributed by atoms with van der Waals surface area (Å²) < 4.78 is 31.5. The van der Waals surface area contributed by atoms with Gasteiger partial charge in [-0.2, -0.15) is 0 Å². The van der Waals surface area contributed by atoms with Gasteiger partial charge in [-0.05, 0) is 25.5 Å². The van der Waals surface area contributed by atoms with Crippen molar-refractivity contribution in [2.45, 2.75) is 18.2 Å². The van der Waals surface area contributed by atoms with Crippen molar-refractivity contribution in [3.8, 4) is 0 Å². The van der Waals surface area contributed by atoms with E-state index >= 15 is 0 Å². The number of hydrogen-bond acceptors (Lipinski definition) is 5. The molecule has 0 saturated heterocycles. The summed E-state index contributed by atoms with van der Waals surface area (Å²) in [7, 11) is -1.94. The first-order valence-corrected chi connectivity index (χ1v) is 7.27. The molecule has 18 heavy (non-hydrogen) atoms. The smallest absolute Gasteiger partial charge is 0.244 e. The van der Waals surface area contributed by atoms with Crippen LogP contribution in [-0.2, 0) is 14.8 Å². The van der Waals surface area contributed by atoms with E-state index in [1.165, 1.54) is 6.07 Å². The predicted octanol–water partition coefficient (Wildman–Crippen LogP) is 0.828. The number of nitrogens with zero attached hydrogens (tertiary/aromatic N) is 1. The fourth-order valence-corrected chi connectivity index (χ4v) is 2.61. The summed E-state index contributed by atoms with van der Waals surface area (Å²) in [6, 6.07) is 3.13. The quantitative estimate of drug-likeness (QED) is 0.686. The summed E-state index contributed by atoms with van der Waals surface area (Å²) in [5.41, 5.74) is 0. The molecule has 7 heteroatoms. The van der Waals surface area contributed by atoms with Crippen molar-refractivity contribution in [1.82, 2.24) is 9.71 Å². The SMILES string of the molecule is CCNc1ncccc1S(=O)(=O)NCCCOC. The number of sulfonamides is 1. The Labute approximate surface area is 108 Å². The average Bonchev–Trinajstić information content (AvgIpc) is 2.36. The van der Waals surface area contributed by atoms with Crippen molar-refractivity contribution in [1.29, 1.82) is 0 Å². The highest BCUT2D eigenvalue weighted by atomic mass is 32.2. The molecule has 0 atom stereocenters. The van der Waals surface area contributed by atoms with E-state index in [1.807, 2.05) is 6.92 Å². The molecular formula is C11H19N3O3S. The molecule has 0 radical (unpaired) electrons. The molecule has 0 saturated carbocycles. The zero-order valence-electron chi connectivity index (χ0n) is 10.6. The number of anilines is 1. The van der Waals surface area contributed by atoms with E-state index in [9.17, 15) is 8.42 Å². The summed E-state index contributed by atoms with van der Waals surface area (Å²) >= 11 is 0. The molecule has 6 nitrogen and oxygen atoms in total. The molecule has 0 spiro atoms. The number of aromatic nitrogens is 1. The Kier molecular flexibility index (Phi) is 6.03. The highest BCUT2D eigenvalue weighted by Crippen LogP contribution is 2.17. The van der Waals surface area contributed by atoms with E-state index in [0.29, 0.717) is 31.9 Å². The third-order valence-corrected chi connectivity index (χ3v) is 3.71. The van der Waals surface area contributed by atoms with E-state index in [2.05, 4.69) is 15.0 Å². The van der Waals surface area contributed by atoms with E-state index in [1.54, 1.807) is 19.4 Å². The molecule has 0 bridgehead atoms. The number of rotatable bonds is 8. The third-order valence-electron chi connectivity index (χ3n) is 2.22. The number of pyridine rings is 1. The van der Waals surface area contributed by atoms with Crippen LogP contribution < -0.4 is 10.0 Å². The van der Waals surface area contributed by atoms with Crippen LogP contribution >= 0.6 is 0 Å². The molecule has 0 fully saturated rings. The van der Waals surface area contributed by atoms with Crippen LogP contribution in [0.15, 0.2) is 23.2 Å². The Morgan fingerprint density at radius 3 is 2.89 bits per heavy atom. The van der Waals surface area contributed by atoms with E-state index < -0.39 is 10.0 Å². The second-order valence-electron chi connectivity index (χ2n) is 3.62. The van der Waals surface area contributed by atoms with E-state index in [-0.39, 0.29) is 4.90 Å². The normalized spacial score (nSPS) is 11.4. The van der Waals surface area contributed by atoms with Gasteiger partial charge in [0.25, 0.3) is 0 Å². The Morgan fingerprint density at radius 1 is 1.44 bits per heavy atom. The minimum absolute atomic E-state index is 0.171. The van der Waals surface area contributed by atoms with Crippen molar-refractivity contribution in [2.24, 2.45) is 0 Å². The van der Waals surface area contributed by atoms with Gasteiger partial charge in [-0.25, -0.2) is 18.1 Å². The fourth-order valence-electron chi connectivity index (χ4n) is 1.41. The van der Waals surface area contributed by atoms with Gasteiger partial charge in [0.2, 0.25) is 10.0 Å². The Bertz CT molecular complexity index is 462. The summed E-state index contributed by atoms with van der Waals surface area (Å²) in [6.07, 6.45) is 2.19. The van der Waals surface area contributed by atoms with Crippen molar-refractivity contribution in [2.75, 3.05) is 32.1 Å². The van der Waals surface area contributed by atoms with Crippen LogP contribution in [0.2, 0.25) is 0 Å². The molecule has 0 amide bonds. The lowest BCUT2D eigenvalue weighted by atomic mass is 10.4. The van der Waals surface area contributed by atoms with Crippen molar-refractivity contribution in [3.05, 3.63) is 18.3 Å². The summed E-state index contributed by atoms with van der Waals surface area (Å²) in [5, 5.41) is 2.93. The molecule has 0 aliphatic heterocycles. The molecule has 2 N–H and O–H groups in total. The second-order valence-corrected chi connectivity index (χ2v) is 5.36. The molecule has 0 aliphatic carbocycles. The zero-order chi connectivity index (χ0) is 13.4. The molecule has 1 aromatic heterocycles. The van der Waals surface area contributed by atoms with Gasteiger partial charge in [-0.1, -0.05) is 0 Å². The Balaban J connectivity index is 2.77. The lowest BCUT2D eigenvalue weighted by Crippen LogP contribution is -2.26. The highest BCUT2D eigenvalue weighted by molar-refractivity contribution is 7.89. The summed E-state index contributed by atoms with van der Waals surface area (Å²) in [5.74, 6) is 0.374. The molecule has 0 aliphatic rings. The minimum atomic E-state index is -3.52. The monoisotopic (exact) mass is 273 g/mol. The maximum atomic E-state index is 12.1. The van der Waals surface area contributed by atoms with Crippen LogP contribution in [0.1, 0.15) is 13.3 Å². The standard InChI is InChI=1S/C11H19N3O3S/c1-3-12-11-10(6-4-7-13-11)18(15,16)14-8-5-9-17-2/h4,6-7,14H,3,5,8-9H2,1-2H3,(H,12,13). The Hall–Kier alpha value is -1.18. The maximum Gasteiger partial charge on any atom is 0.244 e. The van der Waals surface area contributed by atoms with Gasteiger partial charge in [0.15, 0.2) is 0 Å². The lowest BCUT2D eigenvalue weighted by molar-refractivity contribution is 0.196. The van der Waals surface area contributed by atoms with Gasteiger partial charge in [0, 0.05) is 33.0 Å². The van der Waals surface area contributed by atoms with Crippen molar-refractivity contribution < 1.29 is 13.2 Å². The minimum Gasteiger partial charge on any atom is -0.385 e. The number of ether oxygens (including phenoxy) is 1. The molecular weight excluding hydrogens is 254 g/mol. The molecule has 1 rings (SSSR count). The lowest BCUT2D eigenvalue weighted by Gasteiger charge is -2.10. The number of nitrogens with one attached hydrogen (secondary N) is 2. The van der Waals surface area contributed by atoms with Crippen LogP contribution in [0, 0.1) is 0 Å².